The van der Waals surface area contributed by atoms with Gasteiger partial charge in [-0.15, -0.1) is 0 Å². The molecule has 68 heavy (non-hydrogen) atoms. The lowest BCUT2D eigenvalue weighted by Gasteiger charge is -2.47. The minimum Gasteiger partial charge on any atom is -0.506 e. The first-order chi connectivity index (χ1) is 33.1. The van der Waals surface area contributed by atoms with Gasteiger partial charge in [-0.3, -0.25) is 9.59 Å². The van der Waals surface area contributed by atoms with Crippen LogP contribution in [0.2, 0.25) is 0 Å². The summed E-state index contributed by atoms with van der Waals surface area (Å²) in [5, 5.41) is 52.9. The number of ether oxygens (including phenoxy) is 5. The number of aliphatic hydroxyl groups is 3. The van der Waals surface area contributed by atoms with Crippen molar-refractivity contribution in [2.24, 2.45) is 4.99 Å². The zero-order chi connectivity index (χ0) is 46.7. The SMILES string of the molecule is COc1cc2cc(C3CCCC3)c3c(O)c2c2c1/C=C/[C@H](C1=C4[CH+]C(CNC5CCCCC5)=CC=C4N=C1)OC[C@H]1O[C@H](O2)[C@@](O)(CO)[C@@H](OC#CCc2cccc4c2CN(CC3=O)C4=O)[C@@H]1O. The summed E-state index contributed by atoms with van der Waals surface area (Å²) in [7, 11) is 1.51. The molecule has 8 bridgehead atoms. The van der Waals surface area contributed by atoms with Crippen molar-refractivity contribution in [1.82, 2.24) is 10.2 Å². The number of ketones is 1. The largest absolute Gasteiger partial charge is 0.506 e. The van der Waals surface area contributed by atoms with Crippen LogP contribution < -0.4 is 14.8 Å². The molecule has 8 aliphatic rings. The van der Waals surface area contributed by atoms with Gasteiger partial charge in [0.05, 0.1) is 55.2 Å². The van der Waals surface area contributed by atoms with Gasteiger partial charge in [-0.1, -0.05) is 50.2 Å². The summed E-state index contributed by atoms with van der Waals surface area (Å²) in [6.07, 6.45) is 16.9. The highest BCUT2D eigenvalue weighted by Crippen LogP contribution is 2.50. The first-order valence-electron chi connectivity index (χ1n) is 24.0. The maximum absolute atomic E-state index is 14.9. The zero-order valence-corrected chi connectivity index (χ0v) is 38.0. The molecule has 3 aromatic rings. The van der Waals surface area contributed by atoms with Crippen LogP contribution >= 0.6 is 0 Å². The third-order valence-corrected chi connectivity index (χ3v) is 15.2. The second kappa shape index (κ2) is 18.2. The molecule has 5 N–H and O–H groups in total. The van der Waals surface area contributed by atoms with Gasteiger partial charge in [0.2, 0.25) is 6.29 Å². The molecule has 0 aromatic heterocycles. The van der Waals surface area contributed by atoms with Crippen LogP contribution in [0, 0.1) is 18.4 Å². The number of Topliss-reactive ketones (excluding diaryl/α,β-unsaturated/α-hetero) is 1. The number of fused-ring (bicyclic) bond motifs is 5. The van der Waals surface area contributed by atoms with E-state index in [2.05, 4.69) is 29.8 Å². The fraction of sp³-hybridized carbons (Fsp3) is 0.444. The predicted molar refractivity (Wildman–Crippen MR) is 252 cm³/mol. The Bertz CT molecular complexity index is 2790. The van der Waals surface area contributed by atoms with E-state index in [-0.39, 0.29) is 60.4 Å². The molecule has 3 fully saturated rings. The van der Waals surface area contributed by atoms with Crippen LogP contribution in [0.1, 0.15) is 107 Å². The molecule has 3 aromatic carbocycles. The second-order valence-corrected chi connectivity index (χ2v) is 19.3. The van der Waals surface area contributed by atoms with Crippen LogP contribution in [-0.4, -0.2) is 119 Å². The van der Waals surface area contributed by atoms with E-state index in [0.29, 0.717) is 40.4 Å². The molecule has 1 saturated heterocycles. The zero-order valence-electron chi connectivity index (χ0n) is 38.0. The molecule has 14 heteroatoms. The summed E-state index contributed by atoms with van der Waals surface area (Å²) in [6.45, 7) is -0.674. The first kappa shape index (κ1) is 44.6. The van der Waals surface area contributed by atoms with Gasteiger partial charge in [0, 0.05) is 55.3 Å². The molecule has 5 heterocycles. The Labute approximate surface area is 395 Å². The number of rotatable bonds is 7. The average molecular weight is 923 g/mol. The summed E-state index contributed by atoms with van der Waals surface area (Å²) in [6, 6.07) is 9.47. The van der Waals surface area contributed by atoms with Crippen molar-refractivity contribution in [1.29, 1.82) is 0 Å². The molecule has 11 rings (SSSR count). The number of methoxy groups -OCH3 is 1. The number of amides is 1. The number of hydrogen-bond donors (Lipinski definition) is 5. The molecule has 5 aliphatic heterocycles. The average Bonchev–Trinajstić information content (AvgIpc) is 4.11. The monoisotopic (exact) mass is 922 g/mol. The Morgan fingerprint density at radius 1 is 1.06 bits per heavy atom. The maximum Gasteiger partial charge on any atom is 0.254 e. The highest BCUT2D eigenvalue weighted by molar-refractivity contribution is 6.11. The summed E-state index contributed by atoms with van der Waals surface area (Å²) < 4.78 is 32.1. The maximum atomic E-state index is 14.9. The number of phenolic OH excluding ortho intramolecular Hbond substituents is 1. The Morgan fingerprint density at radius 3 is 2.69 bits per heavy atom. The van der Waals surface area contributed by atoms with Crippen LogP contribution in [0.15, 0.2) is 76.0 Å². The third-order valence-electron chi connectivity index (χ3n) is 15.2. The number of allylic oxidation sites excluding steroid dienone is 3. The highest BCUT2D eigenvalue weighted by Gasteiger charge is 2.59. The van der Waals surface area contributed by atoms with E-state index < -0.39 is 48.7 Å². The second-order valence-electron chi connectivity index (χ2n) is 19.3. The summed E-state index contributed by atoms with van der Waals surface area (Å²) >= 11 is 0. The smallest absolute Gasteiger partial charge is 0.254 e. The van der Waals surface area contributed by atoms with Crippen molar-refractivity contribution in [2.75, 3.05) is 33.4 Å². The lowest BCUT2D eigenvalue weighted by molar-refractivity contribution is -0.327. The van der Waals surface area contributed by atoms with E-state index in [9.17, 15) is 30.0 Å². The van der Waals surface area contributed by atoms with Crippen molar-refractivity contribution in [2.45, 2.75) is 119 Å². The fourth-order valence-corrected chi connectivity index (χ4v) is 11.4. The molecule has 0 unspecified atom stereocenters. The molecular formula is C54H56N3O11+. The van der Waals surface area contributed by atoms with Gasteiger partial charge < -0.3 is 54.3 Å². The number of hydrogen-bond acceptors (Lipinski definition) is 13. The van der Waals surface area contributed by atoms with Gasteiger partial charge in [-0.25, -0.2) is 0 Å². The number of nitrogens with zero attached hydrogens (tertiary/aromatic N) is 2. The molecule has 14 nitrogen and oxygen atoms in total. The molecule has 352 valence electrons. The predicted octanol–water partition coefficient (Wildman–Crippen LogP) is 5.88. The van der Waals surface area contributed by atoms with Crippen LogP contribution in [0.3, 0.4) is 0 Å². The number of aliphatic hydroxyl groups excluding tert-OH is 2. The highest BCUT2D eigenvalue weighted by atomic mass is 16.7. The minimum atomic E-state index is -2.45. The Hall–Kier alpha value is -5.92. The van der Waals surface area contributed by atoms with Crippen molar-refractivity contribution in [3.8, 4) is 29.3 Å². The molecular weight excluding hydrogens is 867 g/mol. The van der Waals surface area contributed by atoms with Gasteiger partial charge in [-0.2, -0.15) is 4.99 Å². The van der Waals surface area contributed by atoms with Gasteiger partial charge in [0.1, 0.15) is 47.2 Å². The van der Waals surface area contributed by atoms with Gasteiger partial charge in [0.15, 0.2) is 23.2 Å². The number of phenols is 1. The first-order valence-corrected chi connectivity index (χ1v) is 24.0. The summed E-state index contributed by atoms with van der Waals surface area (Å²) in [5.41, 5.74) is 4.01. The number of aromatic hydroxyl groups is 1. The lowest BCUT2D eigenvalue weighted by atomic mass is 9.86. The molecule has 2 saturated carbocycles. The number of carbonyl (C=O) groups excluding carboxylic acids is 2. The topological polar surface area (TPSA) is 189 Å². The van der Waals surface area contributed by atoms with Crippen molar-refractivity contribution < 1.29 is 53.7 Å². The lowest BCUT2D eigenvalue weighted by Crippen LogP contribution is -2.70. The van der Waals surface area contributed by atoms with Crippen molar-refractivity contribution in [3.05, 3.63) is 111 Å². The van der Waals surface area contributed by atoms with E-state index >= 15 is 0 Å². The van der Waals surface area contributed by atoms with Gasteiger partial charge in [-0.05, 0) is 84.0 Å². The summed E-state index contributed by atoms with van der Waals surface area (Å²) in [4.78, 5) is 35.1. The number of nitrogens with one attached hydrogen (secondary N) is 1. The van der Waals surface area contributed by atoms with E-state index in [1.165, 1.54) is 31.3 Å². The van der Waals surface area contributed by atoms with Crippen LogP contribution in [0.5, 0.6) is 17.2 Å². The molecule has 0 spiro atoms. The Morgan fingerprint density at radius 2 is 1.88 bits per heavy atom. The van der Waals surface area contributed by atoms with Crippen molar-refractivity contribution >= 4 is 34.8 Å². The van der Waals surface area contributed by atoms with E-state index in [1.54, 1.807) is 30.5 Å². The number of benzene rings is 3. The van der Waals surface area contributed by atoms with E-state index in [4.69, 9.17) is 28.7 Å². The van der Waals surface area contributed by atoms with E-state index in [0.717, 1.165) is 72.1 Å². The summed E-state index contributed by atoms with van der Waals surface area (Å²) in [5.74, 6) is 2.12. The molecule has 1 amide bonds. The van der Waals surface area contributed by atoms with Gasteiger partial charge >= 0.3 is 0 Å². The number of aliphatic imine (C=N–C) groups is 1. The van der Waals surface area contributed by atoms with Gasteiger partial charge in [0.25, 0.3) is 5.91 Å². The Kier molecular flexibility index (Phi) is 11.9. The van der Waals surface area contributed by atoms with Crippen molar-refractivity contribution in [3.63, 3.8) is 0 Å². The Balaban J connectivity index is 1.08. The van der Waals surface area contributed by atoms with Crippen LogP contribution in [0.25, 0.3) is 16.8 Å². The molecule has 0 radical (unpaired) electrons. The number of carbonyl (C=O) groups is 2. The molecule has 3 aliphatic carbocycles. The molecule has 6 atom stereocenters. The fourth-order valence-electron chi connectivity index (χ4n) is 11.4. The third kappa shape index (κ3) is 7.79. The van der Waals surface area contributed by atoms with E-state index in [1.807, 2.05) is 24.3 Å². The quantitative estimate of drug-likeness (QED) is 0.140. The standard InChI is InChI=1S/C54H55N3O11/c1-64-44-23-33-22-37(31-9-5-6-10-31)47-42(59)27-57-26-40-32(11-7-15-35(40)52(57)62)12-8-20-65-51-48(60)45-28-66-43(19-17-36(44)50(46(33)49(47)61)68-53(67-45)54(51,63)29-58)39-25-56-41-18-16-30(21-38(39)41)24-55-34-13-3-2-4-14-34/h7,11,15-19,21-23,25,31,34,43,45,48,51,53,55,58,60,63H,2-6,9-10,12-14,24,26-29H2,1H3/p+1/b19-17+/t43-,45-,48-,51+,53-,54-/m1/s1. The minimum absolute atomic E-state index is 0.0328. The van der Waals surface area contributed by atoms with Crippen LogP contribution in [-0.2, 0) is 27.2 Å². The normalized spacial score (nSPS) is 28.6. The van der Waals surface area contributed by atoms with Crippen LogP contribution in [0.4, 0.5) is 0 Å².